The fourth-order valence-corrected chi connectivity index (χ4v) is 0.877. The number of hydrogen-bond donors (Lipinski definition) is 1. The summed E-state index contributed by atoms with van der Waals surface area (Å²) in [5, 5.41) is 8.95. The van der Waals surface area contributed by atoms with E-state index in [1.54, 1.807) is 13.8 Å². The molecule has 1 saturated heterocycles. The molecule has 0 amide bonds. The van der Waals surface area contributed by atoms with Crippen LogP contribution in [0.15, 0.2) is 11.6 Å². The van der Waals surface area contributed by atoms with Crippen molar-refractivity contribution in [2.45, 2.75) is 26.1 Å². The Balaban J connectivity index is 2.27. The minimum atomic E-state index is -0.621. The SMILES string of the molecule is CC(=CC(C)O)C(=O)OCC1CO1. The van der Waals surface area contributed by atoms with Gasteiger partial charge in [0, 0.05) is 5.57 Å². The van der Waals surface area contributed by atoms with Crippen molar-refractivity contribution >= 4 is 5.97 Å². The fourth-order valence-electron chi connectivity index (χ4n) is 0.877. The maximum absolute atomic E-state index is 11.2. The molecule has 0 saturated carbocycles. The normalized spacial score (nSPS) is 23.9. The lowest BCUT2D eigenvalue weighted by Gasteiger charge is -2.03. The van der Waals surface area contributed by atoms with E-state index in [4.69, 9.17) is 14.6 Å². The minimum Gasteiger partial charge on any atom is -0.459 e. The molecule has 2 atom stereocenters. The maximum atomic E-state index is 11.2. The molecule has 1 heterocycles. The molecule has 1 aliphatic rings. The zero-order valence-corrected chi connectivity index (χ0v) is 7.82. The van der Waals surface area contributed by atoms with Gasteiger partial charge in [-0.25, -0.2) is 4.79 Å². The number of epoxide rings is 1. The molecule has 1 fully saturated rings. The van der Waals surface area contributed by atoms with E-state index in [0.717, 1.165) is 0 Å². The van der Waals surface area contributed by atoms with Crippen LogP contribution in [0.5, 0.6) is 0 Å². The molecule has 0 spiro atoms. The fraction of sp³-hybridized carbons (Fsp3) is 0.667. The molecule has 1 aliphatic heterocycles. The van der Waals surface area contributed by atoms with Crippen molar-refractivity contribution < 1.29 is 19.4 Å². The summed E-state index contributed by atoms with van der Waals surface area (Å²) in [5.74, 6) is -0.392. The molecule has 0 radical (unpaired) electrons. The van der Waals surface area contributed by atoms with Crippen LogP contribution in [0.3, 0.4) is 0 Å². The number of aliphatic hydroxyl groups excluding tert-OH is 1. The highest BCUT2D eigenvalue weighted by atomic mass is 16.6. The largest absolute Gasteiger partial charge is 0.459 e. The van der Waals surface area contributed by atoms with Crippen LogP contribution in [0.25, 0.3) is 0 Å². The third kappa shape index (κ3) is 4.05. The van der Waals surface area contributed by atoms with E-state index in [2.05, 4.69) is 0 Å². The summed E-state index contributed by atoms with van der Waals surface area (Å²) in [5.41, 5.74) is 0.427. The highest BCUT2D eigenvalue weighted by Crippen LogP contribution is 2.10. The summed E-state index contributed by atoms with van der Waals surface area (Å²) in [6, 6.07) is 0. The molecule has 1 N–H and O–H groups in total. The Kier molecular flexibility index (Phi) is 3.45. The Bertz CT molecular complexity index is 216. The van der Waals surface area contributed by atoms with Crippen LogP contribution in [-0.4, -0.2) is 36.5 Å². The molecule has 0 aromatic rings. The second kappa shape index (κ2) is 4.39. The summed E-state index contributed by atoms with van der Waals surface area (Å²) in [6.07, 6.45) is 0.920. The number of carbonyl (C=O) groups excluding carboxylic acids is 1. The first-order valence-electron chi connectivity index (χ1n) is 4.25. The van der Waals surface area contributed by atoms with Gasteiger partial charge in [0.15, 0.2) is 0 Å². The van der Waals surface area contributed by atoms with Crippen LogP contribution in [0.2, 0.25) is 0 Å². The van der Waals surface area contributed by atoms with Crippen molar-refractivity contribution in [2.75, 3.05) is 13.2 Å². The maximum Gasteiger partial charge on any atom is 0.333 e. The summed E-state index contributed by atoms with van der Waals surface area (Å²) in [7, 11) is 0. The molecule has 0 aliphatic carbocycles. The van der Waals surface area contributed by atoms with Gasteiger partial charge in [-0.1, -0.05) is 0 Å². The molecule has 13 heavy (non-hydrogen) atoms. The lowest BCUT2D eigenvalue weighted by molar-refractivity contribution is -0.139. The standard InChI is InChI=1S/C9H14O4/c1-6(3-7(2)10)9(11)13-5-8-4-12-8/h3,7-8,10H,4-5H2,1-2H3. The highest BCUT2D eigenvalue weighted by Gasteiger charge is 2.24. The summed E-state index contributed by atoms with van der Waals surface area (Å²) in [6.45, 7) is 4.18. The first-order chi connectivity index (χ1) is 6.09. The van der Waals surface area contributed by atoms with Crippen molar-refractivity contribution in [3.8, 4) is 0 Å². The van der Waals surface area contributed by atoms with E-state index in [0.29, 0.717) is 18.8 Å². The first-order valence-corrected chi connectivity index (χ1v) is 4.25. The number of aliphatic hydroxyl groups is 1. The lowest BCUT2D eigenvalue weighted by Crippen LogP contribution is -2.12. The molecular weight excluding hydrogens is 172 g/mol. The van der Waals surface area contributed by atoms with Gasteiger partial charge in [0.25, 0.3) is 0 Å². The molecule has 0 aromatic carbocycles. The van der Waals surface area contributed by atoms with E-state index in [-0.39, 0.29) is 6.10 Å². The Morgan fingerprint density at radius 3 is 2.92 bits per heavy atom. The Morgan fingerprint density at radius 2 is 2.46 bits per heavy atom. The van der Waals surface area contributed by atoms with E-state index >= 15 is 0 Å². The third-order valence-electron chi connectivity index (χ3n) is 1.62. The topological polar surface area (TPSA) is 59.1 Å². The Labute approximate surface area is 77.1 Å². The van der Waals surface area contributed by atoms with Gasteiger partial charge in [-0.05, 0) is 19.9 Å². The van der Waals surface area contributed by atoms with Gasteiger partial charge in [-0.3, -0.25) is 0 Å². The van der Waals surface area contributed by atoms with E-state index in [9.17, 15) is 4.79 Å². The summed E-state index contributed by atoms with van der Waals surface area (Å²) >= 11 is 0. The van der Waals surface area contributed by atoms with Gasteiger partial charge in [-0.2, -0.15) is 0 Å². The molecule has 0 aromatic heterocycles. The van der Waals surface area contributed by atoms with Crippen molar-refractivity contribution in [1.82, 2.24) is 0 Å². The predicted molar refractivity (Wildman–Crippen MR) is 46.1 cm³/mol. The Hall–Kier alpha value is -0.870. The van der Waals surface area contributed by atoms with Crippen LogP contribution in [0.4, 0.5) is 0 Å². The first kappa shape index (κ1) is 10.2. The number of hydrogen-bond acceptors (Lipinski definition) is 4. The quantitative estimate of drug-likeness (QED) is 0.388. The Morgan fingerprint density at radius 1 is 1.85 bits per heavy atom. The smallest absolute Gasteiger partial charge is 0.333 e. The van der Waals surface area contributed by atoms with Crippen molar-refractivity contribution in [1.29, 1.82) is 0 Å². The monoisotopic (exact) mass is 186 g/mol. The molecule has 0 bridgehead atoms. The van der Waals surface area contributed by atoms with E-state index in [1.807, 2.05) is 0 Å². The molecule has 1 rings (SSSR count). The summed E-state index contributed by atoms with van der Waals surface area (Å²) in [4.78, 5) is 11.2. The van der Waals surface area contributed by atoms with Crippen LogP contribution in [0.1, 0.15) is 13.8 Å². The van der Waals surface area contributed by atoms with Crippen molar-refractivity contribution in [3.05, 3.63) is 11.6 Å². The predicted octanol–water partition coefficient (Wildman–Crippen LogP) is 0.255. The van der Waals surface area contributed by atoms with Gasteiger partial charge in [0.2, 0.25) is 0 Å². The lowest BCUT2D eigenvalue weighted by atomic mass is 10.2. The zero-order chi connectivity index (χ0) is 9.84. The van der Waals surface area contributed by atoms with Gasteiger partial charge in [0.05, 0.1) is 12.7 Å². The third-order valence-corrected chi connectivity index (χ3v) is 1.62. The van der Waals surface area contributed by atoms with Crippen LogP contribution in [0, 0.1) is 0 Å². The number of esters is 1. The van der Waals surface area contributed by atoms with E-state index in [1.165, 1.54) is 6.08 Å². The van der Waals surface area contributed by atoms with Crippen molar-refractivity contribution in [3.63, 3.8) is 0 Å². The average molecular weight is 186 g/mol. The zero-order valence-electron chi connectivity index (χ0n) is 7.82. The second-order valence-corrected chi connectivity index (χ2v) is 3.14. The minimum absolute atomic E-state index is 0.0864. The highest BCUT2D eigenvalue weighted by molar-refractivity contribution is 5.87. The van der Waals surface area contributed by atoms with E-state index < -0.39 is 12.1 Å². The van der Waals surface area contributed by atoms with Gasteiger partial charge >= 0.3 is 5.97 Å². The number of rotatable bonds is 4. The number of carbonyl (C=O) groups is 1. The van der Waals surface area contributed by atoms with Crippen LogP contribution in [-0.2, 0) is 14.3 Å². The molecule has 2 unspecified atom stereocenters. The summed E-state index contributed by atoms with van der Waals surface area (Å²) < 4.78 is 9.76. The second-order valence-electron chi connectivity index (χ2n) is 3.14. The molecular formula is C9H14O4. The van der Waals surface area contributed by atoms with Crippen LogP contribution < -0.4 is 0 Å². The molecule has 4 nitrogen and oxygen atoms in total. The van der Waals surface area contributed by atoms with Gasteiger partial charge in [0.1, 0.15) is 12.7 Å². The van der Waals surface area contributed by atoms with Crippen LogP contribution >= 0.6 is 0 Å². The van der Waals surface area contributed by atoms with Gasteiger partial charge in [-0.15, -0.1) is 0 Å². The number of ether oxygens (including phenoxy) is 2. The molecule has 4 heteroatoms. The molecule has 74 valence electrons. The van der Waals surface area contributed by atoms with Crippen molar-refractivity contribution in [2.24, 2.45) is 0 Å². The van der Waals surface area contributed by atoms with Gasteiger partial charge < -0.3 is 14.6 Å². The average Bonchev–Trinajstić information content (AvgIpc) is 2.81.